The number of aliphatic carboxylic acids is 1. The number of carbonyl (C=O) groups excluding carboxylic acids is 1. The van der Waals surface area contributed by atoms with Crippen LogP contribution in [0.15, 0.2) is 18.3 Å². The summed E-state index contributed by atoms with van der Waals surface area (Å²) in [5.41, 5.74) is 0. The van der Waals surface area contributed by atoms with E-state index in [2.05, 4.69) is 9.88 Å². The molecule has 2 aliphatic heterocycles. The van der Waals surface area contributed by atoms with Crippen LogP contribution in [0.5, 0.6) is 0 Å². The molecule has 8 heteroatoms. The highest BCUT2D eigenvalue weighted by atomic mass is 35.5. The van der Waals surface area contributed by atoms with Crippen LogP contribution in [-0.4, -0.2) is 65.8 Å². The van der Waals surface area contributed by atoms with Crippen LogP contribution in [-0.2, 0) is 14.3 Å². The lowest BCUT2D eigenvalue weighted by atomic mass is 9.93. The number of ether oxygens (including phenoxy) is 1. The predicted octanol–water partition coefficient (Wildman–Crippen LogP) is 2.04. The minimum Gasteiger partial charge on any atom is -0.480 e. The summed E-state index contributed by atoms with van der Waals surface area (Å²) < 4.78 is 5.34. The Morgan fingerprint density at radius 1 is 1.23 bits per heavy atom. The third kappa shape index (κ3) is 4.65. The van der Waals surface area contributed by atoms with E-state index in [4.69, 9.17) is 16.3 Å². The van der Waals surface area contributed by atoms with Crippen molar-refractivity contribution in [3.8, 4) is 0 Å². The minimum atomic E-state index is -0.965. The maximum absolute atomic E-state index is 13.0. The molecule has 0 radical (unpaired) electrons. The highest BCUT2D eigenvalue weighted by Gasteiger charge is 2.34. The summed E-state index contributed by atoms with van der Waals surface area (Å²) in [5, 5.41) is 9.82. The van der Waals surface area contributed by atoms with Crippen LogP contribution in [0.3, 0.4) is 0 Å². The van der Waals surface area contributed by atoms with E-state index in [-0.39, 0.29) is 24.4 Å². The highest BCUT2D eigenvalue weighted by Crippen LogP contribution is 2.26. The second kappa shape index (κ2) is 8.68. The molecule has 0 aromatic carbocycles. The fourth-order valence-electron chi connectivity index (χ4n) is 3.67. The Morgan fingerprint density at radius 2 is 1.92 bits per heavy atom. The SMILES string of the molecule is O=C(O)CN(C(=O)C1CCN(c2ccc(Cl)cn2)CC1)C1CCOCC1. The zero-order valence-corrected chi connectivity index (χ0v) is 15.4. The maximum Gasteiger partial charge on any atom is 0.323 e. The van der Waals surface area contributed by atoms with Gasteiger partial charge in [0.05, 0.1) is 5.02 Å². The Morgan fingerprint density at radius 3 is 2.50 bits per heavy atom. The van der Waals surface area contributed by atoms with Crippen LogP contribution in [0.2, 0.25) is 5.02 Å². The standard InChI is InChI=1S/C18H24ClN3O4/c19-14-1-2-16(20-11-14)21-7-3-13(4-8-21)18(25)22(12-17(23)24)15-5-9-26-10-6-15/h1-2,11,13,15H,3-10,12H2,(H,23,24). The smallest absolute Gasteiger partial charge is 0.323 e. The normalized spacial score (nSPS) is 19.3. The molecule has 3 heterocycles. The van der Waals surface area contributed by atoms with Gasteiger partial charge in [-0.2, -0.15) is 0 Å². The number of hydrogen-bond acceptors (Lipinski definition) is 5. The van der Waals surface area contributed by atoms with Gasteiger partial charge in [-0.15, -0.1) is 0 Å². The zero-order chi connectivity index (χ0) is 18.5. The van der Waals surface area contributed by atoms with Gasteiger partial charge in [0.15, 0.2) is 0 Å². The molecule has 0 atom stereocenters. The molecule has 1 aromatic rings. The van der Waals surface area contributed by atoms with E-state index in [1.807, 2.05) is 6.07 Å². The molecule has 0 unspecified atom stereocenters. The first-order valence-corrected chi connectivity index (χ1v) is 9.39. The second-order valence-corrected chi connectivity index (χ2v) is 7.24. The van der Waals surface area contributed by atoms with E-state index in [0.29, 0.717) is 43.9 Å². The molecule has 2 fully saturated rings. The van der Waals surface area contributed by atoms with Crippen molar-refractivity contribution >= 4 is 29.3 Å². The first-order chi connectivity index (χ1) is 12.5. The highest BCUT2D eigenvalue weighted by molar-refractivity contribution is 6.30. The monoisotopic (exact) mass is 381 g/mol. The van der Waals surface area contributed by atoms with Gasteiger partial charge in [-0.3, -0.25) is 9.59 Å². The van der Waals surface area contributed by atoms with Crippen LogP contribution < -0.4 is 4.90 Å². The molecular formula is C18H24ClN3O4. The van der Waals surface area contributed by atoms with Crippen molar-refractivity contribution < 1.29 is 19.4 Å². The van der Waals surface area contributed by atoms with Crippen molar-refractivity contribution in [2.45, 2.75) is 31.7 Å². The summed E-state index contributed by atoms with van der Waals surface area (Å²) >= 11 is 5.88. The molecule has 2 aliphatic rings. The molecule has 7 nitrogen and oxygen atoms in total. The average Bonchev–Trinajstić information content (AvgIpc) is 2.67. The van der Waals surface area contributed by atoms with Crippen molar-refractivity contribution in [1.29, 1.82) is 0 Å². The van der Waals surface area contributed by atoms with Gasteiger partial charge in [-0.25, -0.2) is 4.98 Å². The Labute approximate surface area is 157 Å². The number of pyridine rings is 1. The number of hydrogen-bond donors (Lipinski definition) is 1. The van der Waals surface area contributed by atoms with Gasteiger partial charge in [0.1, 0.15) is 12.4 Å². The van der Waals surface area contributed by atoms with Crippen molar-refractivity contribution in [2.75, 3.05) is 37.7 Å². The molecule has 26 heavy (non-hydrogen) atoms. The number of aromatic nitrogens is 1. The number of carboxylic acid groups (broad SMARTS) is 1. The van der Waals surface area contributed by atoms with E-state index < -0.39 is 5.97 Å². The largest absolute Gasteiger partial charge is 0.480 e. The van der Waals surface area contributed by atoms with Gasteiger partial charge < -0.3 is 19.6 Å². The van der Waals surface area contributed by atoms with Gasteiger partial charge in [-0.05, 0) is 37.8 Å². The van der Waals surface area contributed by atoms with E-state index in [0.717, 1.165) is 18.9 Å². The summed E-state index contributed by atoms with van der Waals surface area (Å²) in [5.74, 6) is -0.288. The van der Waals surface area contributed by atoms with Gasteiger partial charge in [0.2, 0.25) is 5.91 Å². The van der Waals surface area contributed by atoms with Crippen molar-refractivity contribution in [3.63, 3.8) is 0 Å². The first kappa shape index (κ1) is 18.9. The van der Waals surface area contributed by atoms with E-state index in [9.17, 15) is 14.7 Å². The fraction of sp³-hybridized carbons (Fsp3) is 0.611. The Kier molecular flexibility index (Phi) is 6.32. The molecular weight excluding hydrogens is 358 g/mol. The molecule has 0 spiro atoms. The molecule has 1 N–H and O–H groups in total. The predicted molar refractivity (Wildman–Crippen MR) is 97.4 cm³/mol. The lowest BCUT2D eigenvalue weighted by Gasteiger charge is -2.38. The topological polar surface area (TPSA) is 83.0 Å². The number of nitrogens with zero attached hydrogens (tertiary/aromatic N) is 3. The Balaban J connectivity index is 1.61. The molecule has 0 bridgehead atoms. The van der Waals surface area contributed by atoms with Gasteiger partial charge in [-0.1, -0.05) is 11.6 Å². The number of halogens is 1. The van der Waals surface area contributed by atoms with Crippen LogP contribution in [0, 0.1) is 5.92 Å². The maximum atomic E-state index is 13.0. The van der Waals surface area contributed by atoms with E-state index >= 15 is 0 Å². The van der Waals surface area contributed by atoms with E-state index in [1.54, 1.807) is 17.2 Å². The lowest BCUT2D eigenvalue weighted by Crippen LogP contribution is -2.50. The number of amides is 1. The van der Waals surface area contributed by atoms with Gasteiger partial charge in [0, 0.05) is 44.5 Å². The molecule has 0 saturated carbocycles. The summed E-state index contributed by atoms with van der Waals surface area (Å²) in [6, 6.07) is 3.65. The summed E-state index contributed by atoms with van der Waals surface area (Å²) in [4.78, 5) is 32.3. The third-order valence-electron chi connectivity index (χ3n) is 5.10. The van der Waals surface area contributed by atoms with Crippen molar-refractivity contribution in [2.24, 2.45) is 5.92 Å². The molecule has 0 aliphatic carbocycles. The Hall–Kier alpha value is -1.86. The van der Waals surface area contributed by atoms with E-state index in [1.165, 1.54) is 0 Å². The number of carboxylic acids is 1. The zero-order valence-electron chi connectivity index (χ0n) is 14.6. The average molecular weight is 382 g/mol. The van der Waals surface area contributed by atoms with Gasteiger partial charge in [0.25, 0.3) is 0 Å². The van der Waals surface area contributed by atoms with Crippen LogP contribution in [0.1, 0.15) is 25.7 Å². The summed E-state index contributed by atoms with van der Waals surface area (Å²) in [6.45, 7) is 2.37. The number of carbonyl (C=O) groups is 2. The second-order valence-electron chi connectivity index (χ2n) is 6.80. The molecule has 1 aromatic heterocycles. The van der Waals surface area contributed by atoms with Gasteiger partial charge >= 0.3 is 5.97 Å². The lowest BCUT2D eigenvalue weighted by molar-refractivity contribution is -0.150. The minimum absolute atomic E-state index is 0.0386. The number of anilines is 1. The first-order valence-electron chi connectivity index (χ1n) is 9.01. The molecule has 142 valence electrons. The number of rotatable bonds is 5. The van der Waals surface area contributed by atoms with Crippen LogP contribution in [0.25, 0.3) is 0 Å². The summed E-state index contributed by atoms with van der Waals surface area (Å²) in [7, 11) is 0. The fourth-order valence-corrected chi connectivity index (χ4v) is 3.79. The van der Waals surface area contributed by atoms with Crippen LogP contribution >= 0.6 is 11.6 Å². The Bertz CT molecular complexity index is 626. The molecule has 1 amide bonds. The quantitative estimate of drug-likeness (QED) is 0.840. The summed E-state index contributed by atoms with van der Waals surface area (Å²) in [6.07, 6.45) is 4.41. The van der Waals surface area contributed by atoms with Crippen molar-refractivity contribution in [1.82, 2.24) is 9.88 Å². The number of piperidine rings is 1. The van der Waals surface area contributed by atoms with Crippen molar-refractivity contribution in [3.05, 3.63) is 23.4 Å². The molecule has 2 saturated heterocycles. The third-order valence-corrected chi connectivity index (χ3v) is 5.32. The molecule has 3 rings (SSSR count). The van der Waals surface area contributed by atoms with Crippen LogP contribution in [0.4, 0.5) is 5.82 Å².